The zero-order chi connectivity index (χ0) is 16.1. The standard InChI is InChI=1S/C16H17N5OS/c1-12(14-6-9-17-11-20-14)21(2)10-13-4-5-15(22-13)23-16-18-7-3-8-19-16/h3-9,11-12H,10H2,1-2H3/t12-/m1/s1. The summed E-state index contributed by atoms with van der Waals surface area (Å²) in [6.07, 6.45) is 6.77. The molecule has 0 aliphatic rings. The Morgan fingerprint density at radius 3 is 2.70 bits per heavy atom. The van der Waals surface area contributed by atoms with E-state index >= 15 is 0 Å². The summed E-state index contributed by atoms with van der Waals surface area (Å²) in [6.45, 7) is 2.81. The number of aromatic nitrogens is 4. The van der Waals surface area contributed by atoms with Gasteiger partial charge >= 0.3 is 0 Å². The molecule has 3 rings (SSSR count). The van der Waals surface area contributed by atoms with Gasteiger partial charge in [-0.05, 0) is 50.0 Å². The smallest absolute Gasteiger partial charge is 0.195 e. The monoisotopic (exact) mass is 327 g/mol. The van der Waals surface area contributed by atoms with E-state index < -0.39 is 0 Å². The van der Waals surface area contributed by atoms with Crippen LogP contribution in [0.5, 0.6) is 0 Å². The molecule has 0 aromatic carbocycles. The van der Waals surface area contributed by atoms with Crippen LogP contribution in [-0.2, 0) is 6.54 Å². The van der Waals surface area contributed by atoms with Crippen LogP contribution < -0.4 is 0 Å². The van der Waals surface area contributed by atoms with Gasteiger partial charge in [0.25, 0.3) is 0 Å². The lowest BCUT2D eigenvalue weighted by atomic mass is 10.2. The first-order chi connectivity index (χ1) is 11.2. The van der Waals surface area contributed by atoms with Gasteiger partial charge in [0.2, 0.25) is 0 Å². The third-order valence-electron chi connectivity index (χ3n) is 3.47. The Labute approximate surface area is 139 Å². The van der Waals surface area contributed by atoms with Crippen LogP contribution in [0.15, 0.2) is 63.8 Å². The molecule has 0 saturated heterocycles. The van der Waals surface area contributed by atoms with Crippen LogP contribution >= 0.6 is 11.8 Å². The second-order valence-corrected chi connectivity index (χ2v) is 6.05. The quantitative estimate of drug-likeness (QED) is 0.644. The van der Waals surface area contributed by atoms with Gasteiger partial charge in [0.15, 0.2) is 10.2 Å². The van der Waals surface area contributed by atoms with Gasteiger partial charge in [0, 0.05) is 24.6 Å². The zero-order valence-corrected chi connectivity index (χ0v) is 13.8. The molecule has 0 N–H and O–H groups in total. The molecule has 0 unspecified atom stereocenters. The van der Waals surface area contributed by atoms with Crippen molar-refractivity contribution in [3.05, 3.63) is 60.6 Å². The number of hydrogen-bond acceptors (Lipinski definition) is 7. The second kappa shape index (κ2) is 7.34. The van der Waals surface area contributed by atoms with Crippen LogP contribution in [0.1, 0.15) is 24.4 Å². The highest BCUT2D eigenvalue weighted by Crippen LogP contribution is 2.27. The van der Waals surface area contributed by atoms with Crippen molar-refractivity contribution in [2.45, 2.75) is 29.8 Å². The van der Waals surface area contributed by atoms with Gasteiger partial charge in [-0.3, -0.25) is 4.90 Å². The fourth-order valence-corrected chi connectivity index (χ4v) is 2.77. The molecule has 23 heavy (non-hydrogen) atoms. The topological polar surface area (TPSA) is 67.9 Å². The normalized spacial score (nSPS) is 12.5. The zero-order valence-electron chi connectivity index (χ0n) is 13.0. The van der Waals surface area contributed by atoms with Gasteiger partial charge in [-0.2, -0.15) is 0 Å². The van der Waals surface area contributed by atoms with Crippen molar-refractivity contribution in [1.82, 2.24) is 24.8 Å². The Balaban J connectivity index is 1.62. The van der Waals surface area contributed by atoms with E-state index in [1.165, 1.54) is 11.8 Å². The fourth-order valence-electron chi connectivity index (χ4n) is 2.08. The van der Waals surface area contributed by atoms with Gasteiger partial charge in [-0.15, -0.1) is 0 Å². The van der Waals surface area contributed by atoms with Crippen LogP contribution in [0, 0.1) is 0 Å². The highest BCUT2D eigenvalue weighted by atomic mass is 32.2. The molecule has 0 radical (unpaired) electrons. The molecule has 7 heteroatoms. The maximum Gasteiger partial charge on any atom is 0.195 e. The van der Waals surface area contributed by atoms with Crippen LogP contribution in [0.3, 0.4) is 0 Å². The van der Waals surface area contributed by atoms with Crippen LogP contribution in [0.2, 0.25) is 0 Å². The molecule has 118 valence electrons. The largest absolute Gasteiger partial charge is 0.453 e. The summed E-state index contributed by atoms with van der Waals surface area (Å²) in [7, 11) is 2.04. The molecule has 3 heterocycles. The average Bonchev–Trinajstić information content (AvgIpc) is 3.02. The fraction of sp³-hybridized carbons (Fsp3) is 0.250. The molecule has 0 saturated carbocycles. The summed E-state index contributed by atoms with van der Waals surface area (Å²) < 4.78 is 5.85. The van der Waals surface area contributed by atoms with Crippen LogP contribution in [0.4, 0.5) is 0 Å². The van der Waals surface area contributed by atoms with Crippen molar-refractivity contribution < 1.29 is 4.42 Å². The van der Waals surface area contributed by atoms with Crippen molar-refractivity contribution in [2.75, 3.05) is 7.05 Å². The first-order valence-corrected chi connectivity index (χ1v) is 8.04. The van der Waals surface area contributed by atoms with Crippen molar-refractivity contribution in [3.8, 4) is 0 Å². The lowest BCUT2D eigenvalue weighted by Crippen LogP contribution is -2.22. The minimum atomic E-state index is 0.177. The lowest BCUT2D eigenvalue weighted by molar-refractivity contribution is 0.223. The summed E-state index contributed by atoms with van der Waals surface area (Å²) in [6, 6.07) is 7.82. The third kappa shape index (κ3) is 4.14. The number of hydrogen-bond donors (Lipinski definition) is 0. The summed E-state index contributed by atoms with van der Waals surface area (Å²) in [4.78, 5) is 18.8. The first kappa shape index (κ1) is 15.6. The molecular weight excluding hydrogens is 310 g/mol. The number of furan rings is 1. The summed E-state index contributed by atoms with van der Waals surface area (Å²) >= 11 is 1.41. The Kier molecular flexibility index (Phi) is 4.99. The number of nitrogens with zero attached hydrogens (tertiary/aromatic N) is 5. The number of rotatable bonds is 6. The van der Waals surface area contributed by atoms with Gasteiger partial charge in [-0.1, -0.05) is 0 Å². The Bertz CT molecular complexity index is 734. The molecule has 0 spiro atoms. The molecule has 0 fully saturated rings. The second-order valence-electron chi connectivity index (χ2n) is 5.08. The van der Waals surface area contributed by atoms with Gasteiger partial charge in [-0.25, -0.2) is 19.9 Å². The van der Waals surface area contributed by atoms with E-state index in [9.17, 15) is 0 Å². The van der Waals surface area contributed by atoms with E-state index in [1.807, 2.05) is 25.2 Å². The maximum absolute atomic E-state index is 5.85. The molecule has 0 aliphatic heterocycles. The summed E-state index contributed by atoms with van der Waals surface area (Å²) in [5.74, 6) is 0.895. The van der Waals surface area contributed by atoms with Crippen LogP contribution in [0.25, 0.3) is 0 Å². The van der Waals surface area contributed by atoms with Gasteiger partial charge < -0.3 is 4.42 Å². The maximum atomic E-state index is 5.85. The van der Waals surface area contributed by atoms with Crippen molar-refractivity contribution in [3.63, 3.8) is 0 Å². The molecule has 3 aromatic rings. The molecule has 1 atom stereocenters. The van der Waals surface area contributed by atoms with Crippen molar-refractivity contribution in [2.24, 2.45) is 0 Å². The molecule has 0 amide bonds. The van der Waals surface area contributed by atoms with E-state index in [2.05, 4.69) is 31.8 Å². The summed E-state index contributed by atoms with van der Waals surface area (Å²) in [5.41, 5.74) is 0.987. The molecule has 0 bridgehead atoms. The Hall–Kier alpha value is -2.25. The van der Waals surface area contributed by atoms with Crippen molar-refractivity contribution >= 4 is 11.8 Å². The summed E-state index contributed by atoms with van der Waals surface area (Å²) in [5, 5.41) is 1.46. The van der Waals surface area contributed by atoms with Crippen molar-refractivity contribution in [1.29, 1.82) is 0 Å². The van der Waals surface area contributed by atoms with E-state index in [1.54, 1.807) is 31.0 Å². The van der Waals surface area contributed by atoms with Gasteiger partial charge in [0.05, 0.1) is 12.2 Å². The predicted molar refractivity (Wildman–Crippen MR) is 86.8 cm³/mol. The minimum absolute atomic E-state index is 0.177. The Morgan fingerprint density at radius 1 is 1.13 bits per heavy atom. The van der Waals surface area contributed by atoms with E-state index in [4.69, 9.17) is 4.42 Å². The SMILES string of the molecule is C[C@H](c1ccncn1)N(C)Cc1ccc(Sc2ncccn2)o1. The van der Waals surface area contributed by atoms with E-state index in [0.29, 0.717) is 11.7 Å². The van der Waals surface area contributed by atoms with Gasteiger partial charge in [0.1, 0.15) is 12.1 Å². The Morgan fingerprint density at radius 2 is 1.96 bits per heavy atom. The third-order valence-corrected chi connectivity index (χ3v) is 4.28. The molecular formula is C16H17N5OS. The first-order valence-electron chi connectivity index (χ1n) is 7.22. The highest BCUT2D eigenvalue weighted by molar-refractivity contribution is 7.99. The lowest BCUT2D eigenvalue weighted by Gasteiger charge is -2.22. The molecule has 3 aromatic heterocycles. The molecule has 0 aliphatic carbocycles. The highest BCUT2D eigenvalue weighted by Gasteiger charge is 2.15. The van der Waals surface area contributed by atoms with Crippen LogP contribution in [-0.4, -0.2) is 31.9 Å². The van der Waals surface area contributed by atoms with E-state index in [0.717, 1.165) is 16.5 Å². The average molecular weight is 327 g/mol. The molecule has 6 nitrogen and oxygen atoms in total. The van der Waals surface area contributed by atoms with E-state index in [-0.39, 0.29) is 6.04 Å². The minimum Gasteiger partial charge on any atom is -0.453 e. The predicted octanol–water partition coefficient (Wildman–Crippen LogP) is 3.20.